The summed E-state index contributed by atoms with van der Waals surface area (Å²) < 4.78 is 11.8. The average molecular weight is 291 g/mol. The van der Waals surface area contributed by atoms with Gasteiger partial charge < -0.3 is 9.47 Å². The van der Waals surface area contributed by atoms with Gasteiger partial charge in [0, 0.05) is 19.6 Å². The number of ether oxygens (including phenoxy) is 2. The molecule has 0 bridgehead atoms. The van der Waals surface area contributed by atoms with Crippen molar-refractivity contribution in [2.24, 2.45) is 0 Å². The van der Waals surface area contributed by atoms with Crippen molar-refractivity contribution in [3.63, 3.8) is 0 Å². The largest absolute Gasteiger partial charge is 0.492 e. The molecule has 0 spiro atoms. The summed E-state index contributed by atoms with van der Waals surface area (Å²) in [5.74, 6) is 1.56. The highest BCUT2D eigenvalue weighted by Gasteiger charge is 2.21. The van der Waals surface area contributed by atoms with Crippen LogP contribution in [0.4, 0.5) is 0 Å². The fourth-order valence-corrected chi connectivity index (χ4v) is 2.88. The van der Waals surface area contributed by atoms with Crippen molar-refractivity contribution in [3.8, 4) is 5.75 Å². The third kappa shape index (κ3) is 4.72. The van der Waals surface area contributed by atoms with E-state index in [0.717, 1.165) is 32.0 Å². The third-order valence-electron chi connectivity index (χ3n) is 4.04. The Kier molecular flexibility index (Phi) is 5.65. The Morgan fingerprint density at radius 1 is 1.24 bits per heavy atom. The first-order valence-corrected chi connectivity index (χ1v) is 8.07. The van der Waals surface area contributed by atoms with Crippen LogP contribution in [-0.2, 0) is 4.74 Å². The van der Waals surface area contributed by atoms with Crippen molar-refractivity contribution in [1.29, 1.82) is 0 Å². The first-order chi connectivity index (χ1) is 9.95. The maximum Gasteiger partial charge on any atom is 0.122 e. The summed E-state index contributed by atoms with van der Waals surface area (Å²) in [7, 11) is 0. The summed E-state index contributed by atoms with van der Waals surface area (Å²) >= 11 is 0. The molecule has 0 unspecified atom stereocenters. The smallest absolute Gasteiger partial charge is 0.122 e. The Balaban J connectivity index is 1.87. The van der Waals surface area contributed by atoms with E-state index in [-0.39, 0.29) is 0 Å². The van der Waals surface area contributed by atoms with Crippen LogP contribution in [-0.4, -0.2) is 43.3 Å². The Morgan fingerprint density at radius 2 is 1.90 bits per heavy atom. The van der Waals surface area contributed by atoms with Crippen molar-refractivity contribution in [1.82, 2.24) is 4.90 Å². The molecule has 0 amide bonds. The summed E-state index contributed by atoms with van der Waals surface area (Å²) in [6.45, 7) is 14.5. The molecular formula is C18H29NO2. The predicted molar refractivity (Wildman–Crippen MR) is 87.2 cm³/mol. The number of benzene rings is 1. The summed E-state index contributed by atoms with van der Waals surface area (Å²) in [5, 5.41) is 0. The van der Waals surface area contributed by atoms with E-state index < -0.39 is 0 Å². The predicted octanol–water partition coefficient (Wildman–Crippen LogP) is 3.61. The standard InChI is InChI=1S/C18H29NO2/c1-13(2)17-7-6-14(3)18(10-17)20-9-8-19-11-15(4)21-16(5)12-19/h6-7,10,13,15-16H,8-9,11-12H2,1-5H3/t15-,16+. The molecule has 1 fully saturated rings. The van der Waals surface area contributed by atoms with Crippen molar-refractivity contribution >= 4 is 0 Å². The Morgan fingerprint density at radius 3 is 2.52 bits per heavy atom. The zero-order valence-electron chi connectivity index (χ0n) is 14.1. The number of hydrogen-bond acceptors (Lipinski definition) is 3. The molecule has 1 aromatic carbocycles. The van der Waals surface area contributed by atoms with Gasteiger partial charge in [0.05, 0.1) is 12.2 Å². The first-order valence-electron chi connectivity index (χ1n) is 8.07. The lowest BCUT2D eigenvalue weighted by Crippen LogP contribution is -2.46. The highest BCUT2D eigenvalue weighted by molar-refractivity contribution is 5.37. The van der Waals surface area contributed by atoms with Gasteiger partial charge in [-0.15, -0.1) is 0 Å². The van der Waals surface area contributed by atoms with E-state index in [4.69, 9.17) is 9.47 Å². The van der Waals surface area contributed by atoms with Gasteiger partial charge in [-0.3, -0.25) is 4.90 Å². The molecular weight excluding hydrogens is 262 g/mol. The summed E-state index contributed by atoms with van der Waals surface area (Å²) in [4.78, 5) is 2.43. The molecule has 1 heterocycles. The number of morpholine rings is 1. The van der Waals surface area contributed by atoms with Crippen LogP contribution in [0.5, 0.6) is 5.75 Å². The molecule has 1 aliphatic heterocycles. The topological polar surface area (TPSA) is 21.7 Å². The summed E-state index contributed by atoms with van der Waals surface area (Å²) in [6.07, 6.45) is 0.638. The Labute approximate surface area is 129 Å². The SMILES string of the molecule is Cc1ccc(C(C)C)cc1OCCN1C[C@@H](C)O[C@@H](C)C1. The van der Waals surface area contributed by atoms with Gasteiger partial charge in [0.25, 0.3) is 0 Å². The van der Waals surface area contributed by atoms with Crippen molar-refractivity contribution in [2.45, 2.75) is 52.7 Å². The molecule has 0 N–H and O–H groups in total. The lowest BCUT2D eigenvalue weighted by atomic mass is 10.0. The minimum Gasteiger partial charge on any atom is -0.492 e. The molecule has 2 rings (SSSR count). The van der Waals surface area contributed by atoms with Crippen LogP contribution in [0.15, 0.2) is 18.2 Å². The van der Waals surface area contributed by atoms with Crippen molar-refractivity contribution < 1.29 is 9.47 Å². The third-order valence-corrected chi connectivity index (χ3v) is 4.04. The van der Waals surface area contributed by atoms with Crippen LogP contribution in [0, 0.1) is 6.92 Å². The van der Waals surface area contributed by atoms with Gasteiger partial charge in [0.1, 0.15) is 12.4 Å². The van der Waals surface area contributed by atoms with E-state index in [9.17, 15) is 0 Å². The lowest BCUT2D eigenvalue weighted by molar-refractivity contribution is -0.0699. The number of hydrogen-bond donors (Lipinski definition) is 0. The van der Waals surface area contributed by atoms with E-state index in [2.05, 4.69) is 57.7 Å². The molecule has 0 aliphatic carbocycles. The zero-order chi connectivity index (χ0) is 15.4. The second kappa shape index (κ2) is 7.28. The van der Waals surface area contributed by atoms with E-state index >= 15 is 0 Å². The second-order valence-corrected chi connectivity index (χ2v) is 6.54. The van der Waals surface area contributed by atoms with Crippen LogP contribution in [0.1, 0.15) is 44.7 Å². The highest BCUT2D eigenvalue weighted by Crippen LogP contribution is 2.24. The lowest BCUT2D eigenvalue weighted by Gasteiger charge is -2.35. The minimum absolute atomic E-state index is 0.319. The van der Waals surface area contributed by atoms with E-state index in [1.807, 2.05) is 0 Å². The van der Waals surface area contributed by atoms with Gasteiger partial charge in [-0.25, -0.2) is 0 Å². The monoisotopic (exact) mass is 291 g/mol. The second-order valence-electron chi connectivity index (χ2n) is 6.54. The van der Waals surface area contributed by atoms with Crippen molar-refractivity contribution in [2.75, 3.05) is 26.2 Å². The van der Waals surface area contributed by atoms with Gasteiger partial charge in [-0.05, 0) is 43.9 Å². The molecule has 1 aromatic rings. The molecule has 0 aromatic heterocycles. The fraction of sp³-hybridized carbons (Fsp3) is 0.667. The summed E-state index contributed by atoms with van der Waals surface area (Å²) in [5.41, 5.74) is 2.55. The Hall–Kier alpha value is -1.06. The van der Waals surface area contributed by atoms with E-state index in [0.29, 0.717) is 18.1 Å². The molecule has 0 radical (unpaired) electrons. The van der Waals surface area contributed by atoms with Gasteiger partial charge in [-0.2, -0.15) is 0 Å². The molecule has 2 atom stereocenters. The normalized spacial score (nSPS) is 23.5. The fourth-order valence-electron chi connectivity index (χ4n) is 2.88. The maximum atomic E-state index is 6.02. The van der Waals surface area contributed by atoms with Crippen LogP contribution in [0.2, 0.25) is 0 Å². The number of aryl methyl sites for hydroxylation is 1. The quantitative estimate of drug-likeness (QED) is 0.827. The maximum absolute atomic E-state index is 6.02. The van der Waals surface area contributed by atoms with Gasteiger partial charge >= 0.3 is 0 Å². The highest BCUT2D eigenvalue weighted by atomic mass is 16.5. The van der Waals surface area contributed by atoms with Crippen LogP contribution < -0.4 is 4.74 Å². The average Bonchev–Trinajstić information content (AvgIpc) is 2.39. The number of nitrogens with zero attached hydrogens (tertiary/aromatic N) is 1. The molecule has 1 saturated heterocycles. The van der Waals surface area contributed by atoms with Crippen LogP contribution in [0.3, 0.4) is 0 Å². The van der Waals surface area contributed by atoms with Crippen LogP contribution >= 0.6 is 0 Å². The van der Waals surface area contributed by atoms with Gasteiger partial charge in [0.2, 0.25) is 0 Å². The molecule has 118 valence electrons. The van der Waals surface area contributed by atoms with Crippen molar-refractivity contribution in [3.05, 3.63) is 29.3 Å². The van der Waals surface area contributed by atoms with Gasteiger partial charge in [0.15, 0.2) is 0 Å². The molecule has 1 aliphatic rings. The molecule has 3 heteroatoms. The number of rotatable bonds is 5. The molecule has 21 heavy (non-hydrogen) atoms. The van der Waals surface area contributed by atoms with E-state index in [1.54, 1.807) is 0 Å². The summed E-state index contributed by atoms with van der Waals surface area (Å²) in [6, 6.07) is 6.53. The Bertz CT molecular complexity index is 449. The van der Waals surface area contributed by atoms with E-state index in [1.165, 1.54) is 11.1 Å². The minimum atomic E-state index is 0.319. The molecule has 3 nitrogen and oxygen atoms in total. The molecule has 0 saturated carbocycles. The van der Waals surface area contributed by atoms with Crippen LogP contribution in [0.25, 0.3) is 0 Å². The van der Waals surface area contributed by atoms with Gasteiger partial charge in [-0.1, -0.05) is 26.0 Å². The first kappa shape index (κ1) is 16.3. The zero-order valence-corrected chi connectivity index (χ0v) is 14.1.